The fraction of sp³-hybridized carbons (Fsp3) is 0.0741. The molecule has 0 radical (unpaired) electrons. The second kappa shape index (κ2) is 8.40. The summed E-state index contributed by atoms with van der Waals surface area (Å²) in [4.78, 5) is 13.4. The molecule has 5 heteroatoms. The zero-order chi connectivity index (χ0) is 22.1. The number of carbonyl (C=O) groups is 1. The molecule has 32 heavy (non-hydrogen) atoms. The number of benzene rings is 4. The number of hydrogen-bond acceptors (Lipinski definition) is 3. The molecule has 1 amide bonds. The highest BCUT2D eigenvalue weighted by molar-refractivity contribution is 6.30. The minimum atomic E-state index is -0.391. The van der Waals surface area contributed by atoms with E-state index in [2.05, 4.69) is 5.32 Å². The molecule has 1 heterocycles. The van der Waals surface area contributed by atoms with Crippen molar-refractivity contribution in [3.63, 3.8) is 0 Å². The van der Waals surface area contributed by atoms with Gasteiger partial charge in [-0.05, 0) is 40.1 Å². The van der Waals surface area contributed by atoms with Crippen LogP contribution in [0.25, 0.3) is 10.8 Å². The second-order valence-corrected chi connectivity index (χ2v) is 8.17. The van der Waals surface area contributed by atoms with E-state index in [0.717, 1.165) is 27.5 Å². The lowest BCUT2D eigenvalue weighted by Gasteiger charge is -2.30. The largest absolute Gasteiger partial charge is 0.441 e. The zero-order valence-corrected chi connectivity index (χ0v) is 18.0. The number of halogens is 1. The Morgan fingerprint density at radius 2 is 1.62 bits per heavy atom. The van der Waals surface area contributed by atoms with Crippen LogP contribution in [0.3, 0.4) is 0 Å². The van der Waals surface area contributed by atoms with Crippen molar-refractivity contribution in [2.45, 2.75) is 12.5 Å². The van der Waals surface area contributed by atoms with Crippen LogP contribution in [0.2, 0.25) is 5.02 Å². The average Bonchev–Trinajstić information content (AvgIpc) is 2.82. The Hall–Kier alpha value is -3.76. The molecule has 0 fully saturated rings. The van der Waals surface area contributed by atoms with Gasteiger partial charge in [0.25, 0.3) is 5.91 Å². The molecule has 1 atom stereocenters. The van der Waals surface area contributed by atoms with Crippen molar-refractivity contribution in [1.82, 2.24) is 5.32 Å². The molecular formula is C27H21ClN2O2. The van der Waals surface area contributed by atoms with Gasteiger partial charge < -0.3 is 15.8 Å². The predicted molar refractivity (Wildman–Crippen MR) is 127 cm³/mol. The quantitative estimate of drug-likeness (QED) is 0.440. The third-order valence-corrected chi connectivity index (χ3v) is 5.99. The van der Waals surface area contributed by atoms with Gasteiger partial charge in [0.2, 0.25) is 5.88 Å². The number of nitrogens with one attached hydrogen (secondary N) is 1. The van der Waals surface area contributed by atoms with Crippen molar-refractivity contribution in [1.29, 1.82) is 0 Å². The lowest BCUT2D eigenvalue weighted by molar-refractivity contribution is -0.118. The summed E-state index contributed by atoms with van der Waals surface area (Å²) in [5.41, 5.74) is 9.58. The Kier molecular flexibility index (Phi) is 5.29. The number of amides is 1. The SMILES string of the molecule is NC1=C(C(=O)NCc2ccccc2)C(c2ccc(Cl)cc2)c2c(ccc3ccccc23)O1. The Morgan fingerprint density at radius 1 is 0.906 bits per heavy atom. The van der Waals surface area contributed by atoms with Gasteiger partial charge in [0.15, 0.2) is 0 Å². The summed E-state index contributed by atoms with van der Waals surface area (Å²) in [6.07, 6.45) is 0. The van der Waals surface area contributed by atoms with Gasteiger partial charge >= 0.3 is 0 Å². The van der Waals surface area contributed by atoms with Crippen LogP contribution in [0.1, 0.15) is 22.6 Å². The average molecular weight is 441 g/mol. The van der Waals surface area contributed by atoms with Gasteiger partial charge in [-0.1, -0.05) is 84.4 Å². The Bertz CT molecular complexity index is 1330. The molecule has 4 aromatic carbocycles. The first kappa shape index (κ1) is 20.2. The molecule has 1 unspecified atom stereocenters. The maximum atomic E-state index is 13.4. The monoisotopic (exact) mass is 440 g/mol. The van der Waals surface area contributed by atoms with Gasteiger partial charge in [-0.25, -0.2) is 0 Å². The first-order valence-corrected chi connectivity index (χ1v) is 10.8. The molecule has 0 saturated heterocycles. The molecule has 0 bridgehead atoms. The van der Waals surface area contributed by atoms with Gasteiger partial charge in [-0.2, -0.15) is 0 Å². The van der Waals surface area contributed by atoms with Crippen molar-refractivity contribution < 1.29 is 9.53 Å². The van der Waals surface area contributed by atoms with E-state index in [1.54, 1.807) is 0 Å². The minimum Gasteiger partial charge on any atom is -0.441 e. The topological polar surface area (TPSA) is 64.4 Å². The van der Waals surface area contributed by atoms with Crippen molar-refractivity contribution >= 4 is 28.3 Å². The summed E-state index contributed by atoms with van der Waals surface area (Å²) in [5.74, 6) is 0.113. The van der Waals surface area contributed by atoms with E-state index < -0.39 is 5.92 Å². The number of fused-ring (bicyclic) bond motifs is 3. The summed E-state index contributed by atoms with van der Waals surface area (Å²) in [7, 11) is 0. The molecule has 4 nitrogen and oxygen atoms in total. The van der Waals surface area contributed by atoms with Crippen LogP contribution in [0.5, 0.6) is 5.75 Å². The van der Waals surface area contributed by atoms with E-state index in [-0.39, 0.29) is 11.8 Å². The van der Waals surface area contributed by atoms with Gasteiger partial charge in [0.1, 0.15) is 5.75 Å². The van der Waals surface area contributed by atoms with E-state index in [0.29, 0.717) is 22.9 Å². The number of nitrogens with two attached hydrogens (primary N) is 1. The van der Waals surface area contributed by atoms with Gasteiger partial charge in [-0.15, -0.1) is 0 Å². The van der Waals surface area contributed by atoms with E-state index in [9.17, 15) is 4.79 Å². The molecule has 1 aliphatic heterocycles. The fourth-order valence-electron chi connectivity index (χ4n) is 4.23. The maximum Gasteiger partial charge on any atom is 0.253 e. The molecule has 0 spiro atoms. The smallest absolute Gasteiger partial charge is 0.253 e. The highest BCUT2D eigenvalue weighted by Gasteiger charge is 2.35. The second-order valence-electron chi connectivity index (χ2n) is 7.73. The van der Waals surface area contributed by atoms with Crippen molar-refractivity contribution in [3.8, 4) is 5.75 Å². The molecule has 0 aromatic heterocycles. The zero-order valence-electron chi connectivity index (χ0n) is 17.2. The summed E-state index contributed by atoms with van der Waals surface area (Å²) in [5, 5.41) is 5.72. The predicted octanol–water partition coefficient (Wildman–Crippen LogP) is 5.50. The van der Waals surface area contributed by atoms with Crippen molar-refractivity contribution in [2.75, 3.05) is 0 Å². The fourth-order valence-corrected chi connectivity index (χ4v) is 4.35. The maximum absolute atomic E-state index is 13.4. The number of rotatable bonds is 4. The van der Waals surface area contributed by atoms with E-state index in [4.69, 9.17) is 22.1 Å². The summed E-state index contributed by atoms with van der Waals surface area (Å²) in [6.45, 7) is 0.395. The molecule has 0 saturated carbocycles. The number of carbonyl (C=O) groups excluding carboxylic acids is 1. The number of ether oxygens (including phenoxy) is 1. The Labute approximate surface area is 191 Å². The van der Waals surface area contributed by atoms with Crippen LogP contribution in [0.15, 0.2) is 102 Å². The molecule has 4 aromatic rings. The van der Waals surface area contributed by atoms with Gasteiger partial charge in [-0.3, -0.25) is 4.79 Å². The van der Waals surface area contributed by atoms with Gasteiger partial charge in [0.05, 0.1) is 5.57 Å². The Balaban J connectivity index is 1.62. The first-order chi connectivity index (χ1) is 15.6. The summed E-state index contributed by atoms with van der Waals surface area (Å²) in [6, 6.07) is 29.3. The highest BCUT2D eigenvalue weighted by atomic mass is 35.5. The van der Waals surface area contributed by atoms with Crippen LogP contribution >= 0.6 is 11.6 Å². The molecule has 158 valence electrons. The van der Waals surface area contributed by atoms with Crippen molar-refractivity contribution in [3.05, 3.63) is 124 Å². The van der Waals surface area contributed by atoms with Gasteiger partial charge in [0, 0.05) is 23.0 Å². The molecule has 0 aliphatic carbocycles. The molecular weight excluding hydrogens is 420 g/mol. The lowest BCUT2D eigenvalue weighted by Crippen LogP contribution is -2.33. The summed E-state index contributed by atoms with van der Waals surface area (Å²) < 4.78 is 5.97. The standard InChI is InChI=1S/C27H21ClN2O2/c28-20-13-10-19(11-14-20)23-24-21-9-5-4-8-18(21)12-15-22(24)32-26(29)25(23)27(31)30-16-17-6-2-1-3-7-17/h1-15,23H,16,29H2,(H,30,31). The molecule has 3 N–H and O–H groups in total. The van der Waals surface area contributed by atoms with E-state index >= 15 is 0 Å². The minimum absolute atomic E-state index is 0.110. The third kappa shape index (κ3) is 3.70. The highest BCUT2D eigenvalue weighted by Crippen LogP contribution is 2.46. The van der Waals surface area contributed by atoms with Crippen molar-refractivity contribution in [2.24, 2.45) is 5.73 Å². The molecule has 5 rings (SSSR count). The lowest BCUT2D eigenvalue weighted by atomic mass is 9.80. The van der Waals surface area contributed by atoms with E-state index in [1.165, 1.54) is 0 Å². The van der Waals surface area contributed by atoms with E-state index in [1.807, 2.05) is 91.0 Å². The van der Waals surface area contributed by atoms with Crippen LogP contribution in [-0.4, -0.2) is 5.91 Å². The normalized spacial score (nSPS) is 15.2. The third-order valence-electron chi connectivity index (χ3n) is 5.74. The summed E-state index contributed by atoms with van der Waals surface area (Å²) >= 11 is 6.15. The van der Waals surface area contributed by atoms with Crippen LogP contribution in [-0.2, 0) is 11.3 Å². The molecule has 1 aliphatic rings. The van der Waals surface area contributed by atoms with Crippen LogP contribution < -0.4 is 15.8 Å². The first-order valence-electron chi connectivity index (χ1n) is 10.4. The number of hydrogen-bond donors (Lipinski definition) is 2. The van der Waals surface area contributed by atoms with Crippen LogP contribution in [0, 0.1) is 0 Å². The van der Waals surface area contributed by atoms with Crippen LogP contribution in [0.4, 0.5) is 0 Å². The Morgan fingerprint density at radius 3 is 2.41 bits per heavy atom.